The fourth-order valence-electron chi connectivity index (χ4n) is 1.58. The topological polar surface area (TPSA) is 45.9 Å². The molecule has 0 saturated heterocycles. The average Bonchev–Trinajstić information content (AvgIpc) is 2.41. The minimum absolute atomic E-state index is 0.106. The van der Waals surface area contributed by atoms with Gasteiger partial charge in [0.2, 0.25) is 0 Å². The molecular formula is C16H20NO. The Kier molecular flexibility index (Phi) is 6.59. The lowest BCUT2D eigenvalue weighted by Crippen LogP contribution is -2.01. The van der Waals surface area contributed by atoms with Crippen LogP contribution in [-0.2, 0) is 17.9 Å². The molecule has 2 aromatic rings. The molecule has 18 heavy (non-hydrogen) atoms. The molecule has 0 aliphatic carbocycles. The van der Waals surface area contributed by atoms with Crippen LogP contribution in [0.2, 0.25) is 0 Å². The molecule has 0 aliphatic heterocycles. The molecule has 0 fully saturated rings. The Morgan fingerprint density at radius 2 is 1.61 bits per heavy atom. The van der Waals surface area contributed by atoms with Crippen molar-refractivity contribution in [1.29, 1.82) is 0 Å². The SMILES string of the molecule is CCc1cccc([O])c1.NCCc1ccccc1. The summed E-state index contributed by atoms with van der Waals surface area (Å²) < 4.78 is 0. The summed E-state index contributed by atoms with van der Waals surface area (Å²) in [6.45, 7) is 2.78. The summed E-state index contributed by atoms with van der Waals surface area (Å²) in [6, 6.07) is 17.2. The van der Waals surface area contributed by atoms with Gasteiger partial charge >= 0.3 is 0 Å². The summed E-state index contributed by atoms with van der Waals surface area (Å²) >= 11 is 0. The highest BCUT2D eigenvalue weighted by Crippen LogP contribution is 2.11. The lowest BCUT2D eigenvalue weighted by Gasteiger charge is -1.93. The maximum Gasteiger partial charge on any atom is 0.178 e. The van der Waals surface area contributed by atoms with Crippen LogP contribution < -0.4 is 5.73 Å². The van der Waals surface area contributed by atoms with Crippen LogP contribution in [-0.4, -0.2) is 6.54 Å². The van der Waals surface area contributed by atoms with E-state index in [9.17, 15) is 5.11 Å². The first kappa shape index (κ1) is 14.3. The molecule has 2 N–H and O–H groups in total. The number of hydrogen-bond donors (Lipinski definition) is 1. The highest BCUT2D eigenvalue weighted by atomic mass is 16.3. The predicted molar refractivity (Wildman–Crippen MR) is 75.2 cm³/mol. The maximum absolute atomic E-state index is 10.6. The van der Waals surface area contributed by atoms with E-state index in [4.69, 9.17) is 5.73 Å². The molecule has 0 saturated carbocycles. The number of aryl methyl sites for hydroxylation is 1. The second-order valence-corrected chi connectivity index (χ2v) is 4.03. The Morgan fingerprint density at radius 3 is 2.11 bits per heavy atom. The third kappa shape index (κ3) is 5.51. The van der Waals surface area contributed by atoms with E-state index in [1.54, 1.807) is 18.2 Å². The molecule has 2 aromatic carbocycles. The summed E-state index contributed by atoms with van der Waals surface area (Å²) in [6.07, 6.45) is 1.93. The summed E-state index contributed by atoms with van der Waals surface area (Å²) in [4.78, 5) is 0. The second-order valence-electron chi connectivity index (χ2n) is 4.03. The molecule has 0 heterocycles. The highest BCUT2D eigenvalue weighted by molar-refractivity contribution is 5.26. The molecule has 0 unspecified atom stereocenters. The van der Waals surface area contributed by atoms with Crippen LogP contribution in [0.15, 0.2) is 54.6 Å². The van der Waals surface area contributed by atoms with Gasteiger partial charge in [-0.05, 0) is 42.6 Å². The summed E-state index contributed by atoms with van der Waals surface area (Å²) in [5.74, 6) is 0.106. The fourth-order valence-corrected chi connectivity index (χ4v) is 1.58. The van der Waals surface area contributed by atoms with Gasteiger partial charge in [0.05, 0.1) is 0 Å². The maximum atomic E-state index is 10.6. The quantitative estimate of drug-likeness (QED) is 0.878. The molecule has 2 heteroatoms. The van der Waals surface area contributed by atoms with Crippen molar-refractivity contribution in [3.05, 3.63) is 65.7 Å². The van der Waals surface area contributed by atoms with E-state index < -0.39 is 0 Å². The van der Waals surface area contributed by atoms with Crippen molar-refractivity contribution in [3.63, 3.8) is 0 Å². The van der Waals surface area contributed by atoms with E-state index in [2.05, 4.69) is 12.1 Å². The first-order valence-corrected chi connectivity index (χ1v) is 6.26. The van der Waals surface area contributed by atoms with E-state index in [0.29, 0.717) is 0 Å². The Hall–Kier alpha value is -1.80. The number of nitrogens with two attached hydrogens (primary N) is 1. The zero-order chi connectivity index (χ0) is 13.2. The number of benzene rings is 2. The molecule has 2 nitrogen and oxygen atoms in total. The standard InChI is InChI=1S/C8H11N.C8H9O/c9-7-6-8-4-2-1-3-5-8;1-2-7-4-3-5-8(9)6-7/h1-5H,6-7,9H2;3-6H,2H2,1H3. The molecule has 0 bridgehead atoms. The van der Waals surface area contributed by atoms with Gasteiger partial charge < -0.3 is 5.73 Å². The van der Waals surface area contributed by atoms with E-state index in [1.807, 2.05) is 31.2 Å². The van der Waals surface area contributed by atoms with Gasteiger partial charge in [0.1, 0.15) is 0 Å². The van der Waals surface area contributed by atoms with Crippen LogP contribution >= 0.6 is 0 Å². The van der Waals surface area contributed by atoms with Gasteiger partial charge in [-0.3, -0.25) is 5.11 Å². The van der Waals surface area contributed by atoms with Crippen molar-refractivity contribution >= 4 is 0 Å². The van der Waals surface area contributed by atoms with Crippen LogP contribution in [0.1, 0.15) is 18.1 Å². The van der Waals surface area contributed by atoms with E-state index in [0.717, 1.165) is 24.9 Å². The molecule has 1 radical (unpaired) electrons. The first-order valence-electron chi connectivity index (χ1n) is 6.26. The minimum Gasteiger partial charge on any atom is -0.330 e. The van der Waals surface area contributed by atoms with Gasteiger partial charge in [-0.25, -0.2) is 0 Å². The lowest BCUT2D eigenvalue weighted by molar-refractivity contribution is 0.354. The van der Waals surface area contributed by atoms with E-state index in [1.165, 1.54) is 5.56 Å². The third-order valence-corrected chi connectivity index (χ3v) is 2.58. The van der Waals surface area contributed by atoms with Gasteiger partial charge in [-0.1, -0.05) is 49.4 Å². The smallest absolute Gasteiger partial charge is 0.178 e. The van der Waals surface area contributed by atoms with Gasteiger partial charge in [-0.15, -0.1) is 0 Å². The van der Waals surface area contributed by atoms with Crippen molar-refractivity contribution in [2.75, 3.05) is 6.54 Å². The Morgan fingerprint density at radius 1 is 0.944 bits per heavy atom. The van der Waals surface area contributed by atoms with E-state index >= 15 is 0 Å². The minimum atomic E-state index is 0.106. The number of hydrogen-bond acceptors (Lipinski definition) is 1. The van der Waals surface area contributed by atoms with Crippen molar-refractivity contribution in [2.24, 2.45) is 5.73 Å². The Labute approximate surface area is 109 Å². The van der Waals surface area contributed by atoms with Crippen molar-refractivity contribution in [3.8, 4) is 5.75 Å². The molecule has 0 atom stereocenters. The highest BCUT2D eigenvalue weighted by Gasteiger charge is 1.90. The average molecular weight is 242 g/mol. The molecular weight excluding hydrogens is 222 g/mol. The van der Waals surface area contributed by atoms with Crippen molar-refractivity contribution < 1.29 is 5.11 Å². The van der Waals surface area contributed by atoms with Gasteiger partial charge in [0.25, 0.3) is 0 Å². The molecule has 0 aliphatic rings. The van der Waals surface area contributed by atoms with Crippen LogP contribution in [0.5, 0.6) is 5.75 Å². The van der Waals surface area contributed by atoms with Gasteiger partial charge in [0.15, 0.2) is 5.75 Å². The van der Waals surface area contributed by atoms with Crippen molar-refractivity contribution in [1.82, 2.24) is 0 Å². The predicted octanol–water partition coefficient (Wildman–Crippen LogP) is 3.58. The van der Waals surface area contributed by atoms with Crippen LogP contribution in [0.25, 0.3) is 0 Å². The summed E-state index contributed by atoms with van der Waals surface area (Å²) in [5, 5.41) is 10.6. The monoisotopic (exact) mass is 242 g/mol. The Balaban J connectivity index is 0.000000180. The van der Waals surface area contributed by atoms with Crippen LogP contribution in [0.4, 0.5) is 0 Å². The normalized spacial score (nSPS) is 9.44. The van der Waals surface area contributed by atoms with Crippen LogP contribution in [0, 0.1) is 0 Å². The second kappa shape index (κ2) is 8.31. The molecule has 0 amide bonds. The molecule has 2 rings (SSSR count). The van der Waals surface area contributed by atoms with Crippen LogP contribution in [0.3, 0.4) is 0 Å². The first-order chi connectivity index (χ1) is 8.76. The number of rotatable bonds is 3. The molecule has 95 valence electrons. The summed E-state index contributed by atoms with van der Waals surface area (Å²) in [5.41, 5.74) is 7.79. The van der Waals surface area contributed by atoms with E-state index in [-0.39, 0.29) is 5.75 Å². The van der Waals surface area contributed by atoms with Crippen molar-refractivity contribution in [2.45, 2.75) is 19.8 Å². The molecule has 0 aromatic heterocycles. The summed E-state index contributed by atoms with van der Waals surface area (Å²) in [7, 11) is 0. The lowest BCUT2D eigenvalue weighted by atomic mass is 10.2. The third-order valence-electron chi connectivity index (χ3n) is 2.58. The van der Waals surface area contributed by atoms with Gasteiger partial charge in [0, 0.05) is 0 Å². The zero-order valence-electron chi connectivity index (χ0n) is 10.8. The zero-order valence-corrected chi connectivity index (χ0v) is 10.8. The largest absolute Gasteiger partial charge is 0.330 e. The molecule has 0 spiro atoms. The Bertz CT molecular complexity index is 440. The fraction of sp³-hybridized carbons (Fsp3) is 0.250. The van der Waals surface area contributed by atoms with Gasteiger partial charge in [-0.2, -0.15) is 0 Å².